The second-order valence-electron chi connectivity index (χ2n) is 4.79. The highest BCUT2D eigenvalue weighted by Gasteiger charge is 2.21. The molecule has 0 aliphatic rings. The molecule has 0 saturated carbocycles. The number of rotatable bonds is 3. The second kappa shape index (κ2) is 5.81. The van der Waals surface area contributed by atoms with Crippen molar-refractivity contribution in [1.82, 2.24) is 0 Å². The SMILES string of the molecule is COc1cccc(F)c1C(N)c1cc(C)c(C)cc1Cl. The number of methoxy groups -OCH3 is 1. The Kier molecular flexibility index (Phi) is 4.31. The van der Waals surface area contributed by atoms with E-state index in [2.05, 4.69) is 0 Å². The van der Waals surface area contributed by atoms with E-state index < -0.39 is 11.9 Å². The molecule has 2 aromatic carbocycles. The second-order valence-corrected chi connectivity index (χ2v) is 5.20. The molecule has 2 N–H and O–H groups in total. The first-order valence-electron chi connectivity index (χ1n) is 6.30. The summed E-state index contributed by atoms with van der Waals surface area (Å²) >= 11 is 6.25. The number of halogens is 2. The van der Waals surface area contributed by atoms with Gasteiger partial charge in [0.25, 0.3) is 0 Å². The Morgan fingerprint density at radius 3 is 2.50 bits per heavy atom. The van der Waals surface area contributed by atoms with Gasteiger partial charge in [-0.3, -0.25) is 0 Å². The summed E-state index contributed by atoms with van der Waals surface area (Å²) in [5, 5.41) is 0.533. The molecule has 0 radical (unpaired) electrons. The molecule has 0 saturated heterocycles. The van der Waals surface area contributed by atoms with Gasteiger partial charge in [0.1, 0.15) is 11.6 Å². The molecule has 1 atom stereocenters. The number of aryl methyl sites for hydroxylation is 2. The van der Waals surface area contributed by atoms with Gasteiger partial charge in [-0.15, -0.1) is 0 Å². The van der Waals surface area contributed by atoms with E-state index in [1.807, 2.05) is 26.0 Å². The van der Waals surface area contributed by atoms with Crippen molar-refractivity contribution < 1.29 is 9.13 Å². The molecule has 0 aromatic heterocycles. The number of benzene rings is 2. The smallest absolute Gasteiger partial charge is 0.132 e. The summed E-state index contributed by atoms with van der Waals surface area (Å²) in [6, 6.07) is 7.72. The highest BCUT2D eigenvalue weighted by Crippen LogP contribution is 2.34. The van der Waals surface area contributed by atoms with Crippen LogP contribution in [0.15, 0.2) is 30.3 Å². The molecule has 2 aromatic rings. The summed E-state index contributed by atoms with van der Waals surface area (Å²) in [6.45, 7) is 3.95. The van der Waals surface area contributed by atoms with Crippen molar-refractivity contribution >= 4 is 11.6 Å². The van der Waals surface area contributed by atoms with Crippen LogP contribution >= 0.6 is 11.6 Å². The fraction of sp³-hybridized carbons (Fsp3) is 0.250. The van der Waals surface area contributed by atoms with Crippen LogP contribution in [0.1, 0.15) is 28.3 Å². The molecule has 0 aliphatic heterocycles. The van der Waals surface area contributed by atoms with E-state index in [1.54, 1.807) is 12.1 Å². The van der Waals surface area contributed by atoms with E-state index >= 15 is 0 Å². The van der Waals surface area contributed by atoms with Gasteiger partial charge in [0.2, 0.25) is 0 Å². The van der Waals surface area contributed by atoms with Crippen LogP contribution in [0, 0.1) is 19.7 Å². The number of nitrogens with two attached hydrogens (primary N) is 1. The Balaban J connectivity index is 2.57. The molecule has 0 fully saturated rings. The molecule has 0 spiro atoms. The third kappa shape index (κ3) is 2.65. The number of ether oxygens (including phenoxy) is 1. The van der Waals surface area contributed by atoms with Crippen LogP contribution in [0.2, 0.25) is 5.02 Å². The van der Waals surface area contributed by atoms with Gasteiger partial charge in [-0.05, 0) is 48.7 Å². The van der Waals surface area contributed by atoms with Crippen LogP contribution in [-0.4, -0.2) is 7.11 Å². The first kappa shape index (κ1) is 14.8. The molecule has 0 bridgehead atoms. The van der Waals surface area contributed by atoms with Crippen molar-refractivity contribution in [2.75, 3.05) is 7.11 Å². The predicted molar refractivity (Wildman–Crippen MR) is 79.9 cm³/mol. The maximum atomic E-state index is 14.1. The van der Waals surface area contributed by atoms with Crippen molar-refractivity contribution in [2.24, 2.45) is 5.73 Å². The van der Waals surface area contributed by atoms with Crippen molar-refractivity contribution in [3.8, 4) is 5.75 Å². The molecule has 0 amide bonds. The van der Waals surface area contributed by atoms with Crippen LogP contribution < -0.4 is 10.5 Å². The van der Waals surface area contributed by atoms with Gasteiger partial charge in [0.15, 0.2) is 0 Å². The maximum Gasteiger partial charge on any atom is 0.132 e. The Morgan fingerprint density at radius 2 is 1.85 bits per heavy atom. The minimum absolute atomic E-state index is 0.320. The molecule has 20 heavy (non-hydrogen) atoms. The topological polar surface area (TPSA) is 35.2 Å². The molecule has 1 unspecified atom stereocenters. The van der Waals surface area contributed by atoms with E-state index in [1.165, 1.54) is 13.2 Å². The summed E-state index contributed by atoms with van der Waals surface area (Å²) in [5.74, 6) is 0.0259. The lowest BCUT2D eigenvalue weighted by Gasteiger charge is -2.19. The van der Waals surface area contributed by atoms with Crippen molar-refractivity contribution in [1.29, 1.82) is 0 Å². The fourth-order valence-corrected chi connectivity index (χ4v) is 2.53. The van der Waals surface area contributed by atoms with Gasteiger partial charge < -0.3 is 10.5 Å². The summed E-state index contributed by atoms with van der Waals surface area (Å²) < 4.78 is 19.3. The van der Waals surface area contributed by atoms with Gasteiger partial charge >= 0.3 is 0 Å². The van der Waals surface area contributed by atoms with Gasteiger partial charge in [0.05, 0.1) is 18.7 Å². The summed E-state index contributed by atoms with van der Waals surface area (Å²) in [5.41, 5.74) is 9.36. The van der Waals surface area contributed by atoms with Crippen LogP contribution in [0.3, 0.4) is 0 Å². The molecular weight excluding hydrogens is 277 g/mol. The number of hydrogen-bond donors (Lipinski definition) is 1. The summed E-state index contributed by atoms with van der Waals surface area (Å²) in [6.07, 6.45) is 0. The predicted octanol–water partition coefficient (Wildman–Crippen LogP) is 4.15. The Labute approximate surface area is 123 Å². The zero-order valence-electron chi connectivity index (χ0n) is 11.7. The molecular formula is C16H17ClFNO. The highest BCUT2D eigenvalue weighted by atomic mass is 35.5. The van der Waals surface area contributed by atoms with Crippen LogP contribution in [0.4, 0.5) is 4.39 Å². The lowest BCUT2D eigenvalue weighted by atomic mass is 9.95. The largest absolute Gasteiger partial charge is 0.496 e. The lowest BCUT2D eigenvalue weighted by Crippen LogP contribution is -2.16. The Bertz CT molecular complexity index is 643. The van der Waals surface area contributed by atoms with E-state index in [-0.39, 0.29) is 0 Å². The van der Waals surface area contributed by atoms with Gasteiger partial charge in [-0.1, -0.05) is 23.7 Å². The maximum absolute atomic E-state index is 14.1. The fourth-order valence-electron chi connectivity index (χ4n) is 2.19. The molecule has 2 nitrogen and oxygen atoms in total. The monoisotopic (exact) mass is 293 g/mol. The van der Waals surface area contributed by atoms with Gasteiger partial charge in [0, 0.05) is 5.02 Å². The highest BCUT2D eigenvalue weighted by molar-refractivity contribution is 6.31. The van der Waals surface area contributed by atoms with Gasteiger partial charge in [-0.2, -0.15) is 0 Å². The first-order valence-corrected chi connectivity index (χ1v) is 6.68. The van der Waals surface area contributed by atoms with Crippen molar-refractivity contribution in [3.05, 3.63) is 63.4 Å². The standard InChI is InChI=1S/C16H17ClFNO/c1-9-7-11(12(17)8-10(9)2)16(19)15-13(18)5-4-6-14(15)20-3/h4-8,16H,19H2,1-3H3. The first-order chi connectivity index (χ1) is 9.45. The zero-order chi connectivity index (χ0) is 14.9. The molecule has 106 valence electrons. The summed E-state index contributed by atoms with van der Waals surface area (Å²) in [4.78, 5) is 0. The average Bonchev–Trinajstić information content (AvgIpc) is 2.41. The minimum Gasteiger partial charge on any atom is -0.496 e. The Morgan fingerprint density at radius 1 is 1.20 bits per heavy atom. The normalized spacial score (nSPS) is 12.3. The third-order valence-corrected chi connectivity index (χ3v) is 3.82. The minimum atomic E-state index is -0.669. The average molecular weight is 294 g/mol. The molecule has 0 aliphatic carbocycles. The van der Waals surface area contributed by atoms with Crippen molar-refractivity contribution in [3.63, 3.8) is 0 Å². The van der Waals surface area contributed by atoms with Crippen LogP contribution in [0.5, 0.6) is 5.75 Å². The lowest BCUT2D eigenvalue weighted by molar-refractivity contribution is 0.402. The molecule has 4 heteroatoms. The van der Waals surface area contributed by atoms with E-state index in [9.17, 15) is 4.39 Å². The van der Waals surface area contributed by atoms with Crippen LogP contribution in [0.25, 0.3) is 0 Å². The zero-order valence-corrected chi connectivity index (χ0v) is 12.5. The quantitative estimate of drug-likeness (QED) is 0.922. The Hall–Kier alpha value is -1.58. The van der Waals surface area contributed by atoms with E-state index in [0.717, 1.165) is 11.1 Å². The molecule has 0 heterocycles. The van der Waals surface area contributed by atoms with Gasteiger partial charge in [-0.25, -0.2) is 4.39 Å². The van der Waals surface area contributed by atoms with Crippen molar-refractivity contribution in [2.45, 2.75) is 19.9 Å². The number of hydrogen-bond acceptors (Lipinski definition) is 2. The molecule has 2 rings (SSSR count). The third-order valence-electron chi connectivity index (χ3n) is 3.49. The summed E-state index contributed by atoms with van der Waals surface area (Å²) in [7, 11) is 1.49. The van der Waals surface area contributed by atoms with Crippen LogP contribution in [-0.2, 0) is 0 Å². The van der Waals surface area contributed by atoms with E-state index in [0.29, 0.717) is 21.9 Å². The van der Waals surface area contributed by atoms with E-state index in [4.69, 9.17) is 22.1 Å².